The van der Waals surface area contributed by atoms with Crippen LogP contribution in [0.5, 0.6) is 0 Å². The summed E-state index contributed by atoms with van der Waals surface area (Å²) < 4.78 is 31.1. The van der Waals surface area contributed by atoms with Crippen LogP contribution in [-0.4, -0.2) is 36.5 Å². The van der Waals surface area contributed by atoms with E-state index >= 15 is 0 Å². The van der Waals surface area contributed by atoms with Gasteiger partial charge in [-0.3, -0.25) is 9.48 Å². The minimum Gasteiger partial charge on any atom is -0.469 e. The van der Waals surface area contributed by atoms with Crippen LogP contribution in [-0.2, 0) is 32.2 Å². The molecule has 1 heterocycles. The lowest BCUT2D eigenvalue weighted by atomic mass is 10.3. The molecule has 0 spiro atoms. The number of aryl methyl sites for hydroxylation is 2. The maximum atomic E-state index is 12.2. The molecule has 0 aliphatic carbocycles. The summed E-state index contributed by atoms with van der Waals surface area (Å²) in [7, 11) is -0.515. The molecule has 1 aromatic rings. The number of rotatable bonds is 5. The fourth-order valence-corrected chi connectivity index (χ4v) is 3.66. The van der Waals surface area contributed by atoms with Gasteiger partial charge in [0.25, 0.3) is 0 Å². The van der Waals surface area contributed by atoms with Gasteiger partial charge in [-0.25, -0.2) is 8.42 Å². The standard InChI is InChI=1S/C11H17BrN2O4S/c1-7(5-10(15)18-4)19(16,17)6-9-11(12)8(2)13-14(9)3/h7H,5-6H2,1-4H3. The highest BCUT2D eigenvalue weighted by Gasteiger charge is 2.27. The highest BCUT2D eigenvalue weighted by Crippen LogP contribution is 2.24. The van der Waals surface area contributed by atoms with Crippen LogP contribution in [0.4, 0.5) is 0 Å². The van der Waals surface area contributed by atoms with Gasteiger partial charge in [0.05, 0.1) is 40.4 Å². The molecule has 0 saturated heterocycles. The molecule has 0 amide bonds. The molecule has 0 bridgehead atoms. The molecule has 19 heavy (non-hydrogen) atoms. The number of nitrogens with zero attached hydrogens (tertiary/aromatic N) is 2. The Hall–Kier alpha value is -0.890. The van der Waals surface area contributed by atoms with Crippen LogP contribution in [0.2, 0.25) is 0 Å². The highest BCUT2D eigenvalue weighted by atomic mass is 79.9. The highest BCUT2D eigenvalue weighted by molar-refractivity contribution is 9.10. The van der Waals surface area contributed by atoms with Crippen molar-refractivity contribution < 1.29 is 17.9 Å². The Kier molecular flexibility index (Phi) is 5.14. The minimum atomic E-state index is -3.44. The number of hydrogen-bond acceptors (Lipinski definition) is 5. The lowest BCUT2D eigenvalue weighted by Crippen LogP contribution is -2.24. The van der Waals surface area contributed by atoms with Gasteiger partial charge in [-0.05, 0) is 29.8 Å². The summed E-state index contributed by atoms with van der Waals surface area (Å²) in [5, 5.41) is 3.36. The third kappa shape index (κ3) is 3.79. The van der Waals surface area contributed by atoms with Crippen molar-refractivity contribution in [1.29, 1.82) is 0 Å². The van der Waals surface area contributed by atoms with E-state index in [1.165, 1.54) is 18.7 Å². The van der Waals surface area contributed by atoms with Crippen LogP contribution in [0, 0.1) is 6.92 Å². The normalized spacial score (nSPS) is 13.3. The minimum absolute atomic E-state index is 0.146. The molecule has 0 saturated carbocycles. The molecule has 0 fully saturated rings. The molecule has 0 N–H and O–H groups in total. The Balaban J connectivity index is 2.93. The zero-order valence-corrected chi connectivity index (χ0v) is 13.7. The summed E-state index contributed by atoms with van der Waals surface area (Å²) in [5.41, 5.74) is 1.31. The van der Waals surface area contributed by atoms with Gasteiger partial charge < -0.3 is 4.74 Å². The number of esters is 1. The molecule has 1 rings (SSSR count). The van der Waals surface area contributed by atoms with E-state index in [0.717, 1.165) is 5.69 Å². The third-order valence-electron chi connectivity index (χ3n) is 2.89. The molecule has 0 aliphatic rings. The third-order valence-corrected chi connectivity index (χ3v) is 5.99. The van der Waals surface area contributed by atoms with Gasteiger partial charge in [0.2, 0.25) is 0 Å². The van der Waals surface area contributed by atoms with E-state index in [9.17, 15) is 13.2 Å². The summed E-state index contributed by atoms with van der Waals surface area (Å²) in [6.07, 6.45) is -0.146. The fourth-order valence-electron chi connectivity index (χ4n) is 1.61. The smallest absolute Gasteiger partial charge is 0.306 e. The quantitative estimate of drug-likeness (QED) is 0.747. The summed E-state index contributed by atoms with van der Waals surface area (Å²) in [6, 6.07) is 0. The summed E-state index contributed by atoms with van der Waals surface area (Å²) in [6.45, 7) is 3.29. The van der Waals surface area contributed by atoms with Gasteiger partial charge >= 0.3 is 5.97 Å². The average molecular weight is 353 g/mol. The first kappa shape index (κ1) is 16.2. The van der Waals surface area contributed by atoms with Crippen molar-refractivity contribution in [2.75, 3.05) is 7.11 Å². The van der Waals surface area contributed by atoms with Gasteiger partial charge in [0.15, 0.2) is 9.84 Å². The SMILES string of the molecule is COC(=O)CC(C)S(=O)(=O)Cc1c(Br)c(C)nn1C. The van der Waals surface area contributed by atoms with Crippen molar-refractivity contribution in [2.24, 2.45) is 7.05 Å². The maximum Gasteiger partial charge on any atom is 0.306 e. The lowest BCUT2D eigenvalue weighted by molar-refractivity contribution is -0.140. The molecule has 108 valence electrons. The van der Waals surface area contributed by atoms with Crippen molar-refractivity contribution in [3.8, 4) is 0 Å². The Morgan fingerprint density at radius 2 is 2.11 bits per heavy atom. The number of aromatic nitrogens is 2. The predicted molar refractivity (Wildman–Crippen MR) is 74.4 cm³/mol. The molecule has 0 radical (unpaired) electrons. The Labute approximate surface area is 121 Å². The first-order valence-corrected chi connectivity index (χ1v) is 8.16. The number of ether oxygens (including phenoxy) is 1. The second-order valence-corrected chi connectivity index (χ2v) is 7.58. The summed E-state index contributed by atoms with van der Waals surface area (Å²) in [5.74, 6) is -0.695. The second kappa shape index (κ2) is 6.04. The fraction of sp³-hybridized carbons (Fsp3) is 0.636. The van der Waals surface area contributed by atoms with Crippen LogP contribution in [0.3, 0.4) is 0 Å². The van der Waals surface area contributed by atoms with Crippen LogP contribution < -0.4 is 0 Å². The molecule has 6 nitrogen and oxygen atoms in total. The molecule has 1 atom stereocenters. The lowest BCUT2D eigenvalue weighted by Gasteiger charge is -2.12. The van der Waals surface area contributed by atoms with Crippen LogP contribution in [0.15, 0.2) is 4.47 Å². The molecular formula is C11H17BrN2O4S. The van der Waals surface area contributed by atoms with E-state index in [1.807, 2.05) is 0 Å². The zero-order valence-electron chi connectivity index (χ0n) is 11.3. The Bertz CT molecular complexity index is 580. The van der Waals surface area contributed by atoms with E-state index in [0.29, 0.717) is 10.2 Å². The van der Waals surface area contributed by atoms with Crippen molar-refractivity contribution in [1.82, 2.24) is 9.78 Å². The summed E-state index contributed by atoms with van der Waals surface area (Å²) in [4.78, 5) is 11.1. The zero-order chi connectivity index (χ0) is 14.8. The molecule has 0 aromatic carbocycles. The van der Waals surface area contributed by atoms with Crippen LogP contribution in [0.25, 0.3) is 0 Å². The van der Waals surface area contributed by atoms with Gasteiger partial charge in [0, 0.05) is 7.05 Å². The molecule has 1 aromatic heterocycles. The Morgan fingerprint density at radius 3 is 2.53 bits per heavy atom. The van der Waals surface area contributed by atoms with Crippen molar-refractivity contribution in [2.45, 2.75) is 31.3 Å². The number of carbonyl (C=O) groups is 1. The number of hydrogen-bond donors (Lipinski definition) is 0. The van der Waals surface area contributed by atoms with E-state index in [2.05, 4.69) is 25.8 Å². The van der Waals surface area contributed by atoms with Crippen molar-refractivity contribution in [3.63, 3.8) is 0 Å². The number of sulfone groups is 1. The molecule has 0 aliphatic heterocycles. The topological polar surface area (TPSA) is 78.3 Å². The first-order chi connectivity index (χ1) is 8.69. The van der Waals surface area contributed by atoms with Gasteiger partial charge in [-0.2, -0.15) is 5.10 Å². The van der Waals surface area contributed by atoms with Crippen LogP contribution in [0.1, 0.15) is 24.7 Å². The molecular weight excluding hydrogens is 336 g/mol. The largest absolute Gasteiger partial charge is 0.469 e. The van der Waals surface area contributed by atoms with Crippen LogP contribution >= 0.6 is 15.9 Å². The Morgan fingerprint density at radius 1 is 1.53 bits per heavy atom. The average Bonchev–Trinajstić information content (AvgIpc) is 2.55. The molecule has 8 heteroatoms. The van der Waals surface area contributed by atoms with E-state index in [1.54, 1.807) is 14.0 Å². The van der Waals surface area contributed by atoms with Crippen molar-refractivity contribution >= 4 is 31.7 Å². The predicted octanol–water partition coefficient (Wildman–Crippen LogP) is 1.36. The van der Waals surface area contributed by atoms with E-state index in [4.69, 9.17) is 0 Å². The maximum absolute atomic E-state index is 12.2. The molecule has 1 unspecified atom stereocenters. The monoisotopic (exact) mass is 352 g/mol. The van der Waals surface area contributed by atoms with Gasteiger partial charge in [-0.1, -0.05) is 0 Å². The van der Waals surface area contributed by atoms with E-state index < -0.39 is 21.1 Å². The van der Waals surface area contributed by atoms with Gasteiger partial charge in [-0.15, -0.1) is 0 Å². The van der Waals surface area contributed by atoms with E-state index in [-0.39, 0.29) is 12.2 Å². The van der Waals surface area contributed by atoms with Gasteiger partial charge in [0.1, 0.15) is 0 Å². The van der Waals surface area contributed by atoms with Crippen molar-refractivity contribution in [3.05, 3.63) is 15.9 Å². The first-order valence-electron chi connectivity index (χ1n) is 5.65. The summed E-state index contributed by atoms with van der Waals surface area (Å²) >= 11 is 3.33. The number of carbonyl (C=O) groups excluding carboxylic acids is 1. The number of methoxy groups -OCH3 is 1. The number of halogens is 1. The second-order valence-electron chi connectivity index (χ2n) is 4.37.